The predicted molar refractivity (Wildman–Crippen MR) is 47.0 cm³/mol. The molecule has 1 aromatic rings. The molecule has 5 heteroatoms. The quantitative estimate of drug-likeness (QED) is 0.583. The molecule has 0 amide bonds. The molecule has 0 aliphatic heterocycles. The Hall–Kier alpha value is -0.200. The van der Waals surface area contributed by atoms with E-state index in [2.05, 4.69) is 4.31 Å². The van der Waals surface area contributed by atoms with E-state index in [9.17, 15) is 0 Å². The van der Waals surface area contributed by atoms with Crippen molar-refractivity contribution in [3.8, 4) is 5.75 Å². The normalized spacial score (nSPS) is 11.7. The summed E-state index contributed by atoms with van der Waals surface area (Å²) in [5.41, 5.74) is 0. The van der Waals surface area contributed by atoms with Crippen LogP contribution in [0.25, 0.3) is 0 Å². The van der Waals surface area contributed by atoms with Gasteiger partial charge in [-0.3, -0.25) is 4.31 Å². The summed E-state index contributed by atoms with van der Waals surface area (Å²) < 4.78 is 9.73. The van der Waals surface area contributed by atoms with Crippen molar-refractivity contribution in [2.24, 2.45) is 0 Å². The minimum atomic E-state index is -0.503. The van der Waals surface area contributed by atoms with Crippen LogP contribution in [0.3, 0.4) is 0 Å². The van der Waals surface area contributed by atoms with E-state index >= 15 is 0 Å². The van der Waals surface area contributed by atoms with Gasteiger partial charge in [0.15, 0.2) is 9.03 Å². The first-order valence-corrected chi connectivity index (χ1v) is 4.62. The molecule has 0 aliphatic carbocycles. The maximum absolute atomic E-state index is 8.28. The zero-order valence-electron chi connectivity index (χ0n) is 5.65. The minimum Gasteiger partial charge on any atom is -0.449 e. The molecule has 0 heterocycles. The highest BCUT2D eigenvalue weighted by atomic mass is 31.2. The number of rotatable bonds is 4. The zero-order valence-corrected chi connectivity index (χ0v) is 7.65. The fourth-order valence-corrected chi connectivity index (χ4v) is 1.12. The molecule has 0 saturated carbocycles. The van der Waals surface area contributed by atoms with E-state index in [0.29, 0.717) is 0 Å². The van der Waals surface area contributed by atoms with Crippen LogP contribution in [0, 0.1) is 0 Å². The van der Waals surface area contributed by atoms with Crippen LogP contribution in [0.4, 0.5) is 0 Å². The molecule has 1 rings (SSSR count). The Morgan fingerprint density at radius 1 is 1.18 bits per heavy atom. The van der Waals surface area contributed by atoms with Gasteiger partial charge in [-0.15, -0.1) is 0 Å². The molecule has 0 bridgehead atoms. The highest BCUT2D eigenvalue weighted by molar-refractivity contribution is 7.40. The van der Waals surface area contributed by atoms with Gasteiger partial charge in [-0.2, -0.15) is 0 Å². The van der Waals surface area contributed by atoms with Crippen molar-refractivity contribution in [2.45, 2.75) is 0 Å². The van der Waals surface area contributed by atoms with Crippen LogP contribution in [0.15, 0.2) is 30.3 Å². The molecule has 0 fully saturated rings. The summed E-state index contributed by atoms with van der Waals surface area (Å²) in [4.78, 5) is 8.28. The highest BCUT2D eigenvalue weighted by Crippen LogP contribution is 2.26. The SMILES string of the molecule is OPOPOc1ccccc1. The summed E-state index contributed by atoms with van der Waals surface area (Å²) in [5.74, 6) is 0.754. The van der Waals surface area contributed by atoms with Gasteiger partial charge in [-0.25, -0.2) is 0 Å². The molecule has 60 valence electrons. The number of para-hydroxylation sites is 1. The van der Waals surface area contributed by atoms with Crippen molar-refractivity contribution < 1.29 is 13.7 Å². The molecular formula is C6H8O3P2. The molecule has 0 spiro atoms. The lowest BCUT2D eigenvalue weighted by molar-refractivity contribution is 0.498. The Kier molecular flexibility index (Phi) is 4.41. The monoisotopic (exact) mass is 190 g/mol. The predicted octanol–water partition coefficient (Wildman–Crippen LogP) is 2.09. The fourth-order valence-electron chi connectivity index (χ4n) is 0.576. The van der Waals surface area contributed by atoms with Crippen molar-refractivity contribution >= 4 is 18.1 Å². The van der Waals surface area contributed by atoms with E-state index < -0.39 is 9.03 Å². The van der Waals surface area contributed by atoms with Gasteiger partial charge in [0.05, 0.1) is 0 Å². The van der Waals surface area contributed by atoms with E-state index in [4.69, 9.17) is 9.42 Å². The fraction of sp³-hybridized carbons (Fsp3) is 0. The van der Waals surface area contributed by atoms with Crippen LogP contribution in [-0.4, -0.2) is 4.89 Å². The Labute approximate surface area is 68.6 Å². The van der Waals surface area contributed by atoms with Gasteiger partial charge < -0.3 is 9.42 Å². The number of benzene rings is 1. The van der Waals surface area contributed by atoms with Crippen molar-refractivity contribution in [2.75, 3.05) is 0 Å². The summed E-state index contributed by atoms with van der Waals surface area (Å²) in [6.07, 6.45) is 0. The van der Waals surface area contributed by atoms with Crippen LogP contribution in [-0.2, 0) is 4.31 Å². The Bertz CT molecular complexity index is 192. The molecule has 0 radical (unpaired) electrons. The summed E-state index contributed by atoms with van der Waals surface area (Å²) in [7, 11) is -0.631. The van der Waals surface area contributed by atoms with Gasteiger partial charge in [-0.05, 0) is 12.1 Å². The molecule has 0 aliphatic rings. The second-order valence-corrected chi connectivity index (χ2v) is 3.06. The van der Waals surface area contributed by atoms with Crippen LogP contribution in [0.2, 0.25) is 0 Å². The maximum atomic E-state index is 8.28. The standard InChI is InChI=1S/C6H8O3P2/c7-10-9-11-8-6-4-2-1-3-5-6/h1-5,7,10-11H. The lowest BCUT2D eigenvalue weighted by Gasteiger charge is -2.01. The van der Waals surface area contributed by atoms with Crippen molar-refractivity contribution in [1.29, 1.82) is 0 Å². The Balaban J connectivity index is 2.28. The van der Waals surface area contributed by atoms with E-state index in [1.165, 1.54) is 0 Å². The van der Waals surface area contributed by atoms with Crippen molar-refractivity contribution in [3.63, 3.8) is 0 Å². The molecule has 0 aromatic heterocycles. The van der Waals surface area contributed by atoms with Crippen LogP contribution in [0.5, 0.6) is 5.75 Å². The Morgan fingerprint density at radius 3 is 2.55 bits per heavy atom. The van der Waals surface area contributed by atoms with E-state index in [0.717, 1.165) is 5.75 Å². The third-order valence-electron chi connectivity index (χ3n) is 0.990. The molecule has 11 heavy (non-hydrogen) atoms. The minimum absolute atomic E-state index is 0.128. The highest BCUT2D eigenvalue weighted by Gasteiger charge is 1.89. The molecule has 2 atom stereocenters. The second-order valence-electron chi connectivity index (χ2n) is 1.69. The van der Waals surface area contributed by atoms with Gasteiger partial charge in [0.2, 0.25) is 9.03 Å². The lowest BCUT2D eigenvalue weighted by Crippen LogP contribution is -1.75. The number of hydrogen-bond acceptors (Lipinski definition) is 3. The van der Waals surface area contributed by atoms with Crippen molar-refractivity contribution in [1.82, 2.24) is 0 Å². The maximum Gasteiger partial charge on any atom is 0.220 e. The smallest absolute Gasteiger partial charge is 0.220 e. The first kappa shape index (κ1) is 8.89. The molecule has 1 aromatic carbocycles. The first-order chi connectivity index (χ1) is 5.43. The van der Waals surface area contributed by atoms with Crippen LogP contribution in [0.1, 0.15) is 0 Å². The van der Waals surface area contributed by atoms with Gasteiger partial charge in [0, 0.05) is 0 Å². The Morgan fingerprint density at radius 2 is 1.91 bits per heavy atom. The van der Waals surface area contributed by atoms with Gasteiger partial charge >= 0.3 is 0 Å². The second kappa shape index (κ2) is 5.45. The average Bonchev–Trinajstić information content (AvgIpc) is 2.07. The molecule has 1 N–H and O–H groups in total. The summed E-state index contributed by atoms with van der Waals surface area (Å²) in [5, 5.41) is 0. The van der Waals surface area contributed by atoms with E-state index in [1.54, 1.807) is 0 Å². The number of hydrogen-bond donors (Lipinski definition) is 1. The zero-order chi connectivity index (χ0) is 7.94. The van der Waals surface area contributed by atoms with Crippen LogP contribution >= 0.6 is 18.1 Å². The first-order valence-electron chi connectivity index (χ1n) is 2.95. The summed E-state index contributed by atoms with van der Waals surface area (Å²) in [6, 6.07) is 9.32. The molecular weight excluding hydrogens is 182 g/mol. The summed E-state index contributed by atoms with van der Waals surface area (Å²) in [6.45, 7) is 0. The molecule has 0 saturated heterocycles. The van der Waals surface area contributed by atoms with E-state index in [1.807, 2.05) is 30.3 Å². The molecule has 3 nitrogen and oxygen atoms in total. The summed E-state index contributed by atoms with van der Waals surface area (Å²) >= 11 is 0. The van der Waals surface area contributed by atoms with Crippen LogP contribution < -0.4 is 4.52 Å². The van der Waals surface area contributed by atoms with Gasteiger partial charge in [0.25, 0.3) is 0 Å². The third-order valence-corrected chi connectivity index (χ3v) is 2.01. The third kappa shape index (κ3) is 3.64. The van der Waals surface area contributed by atoms with Crippen molar-refractivity contribution in [3.05, 3.63) is 30.3 Å². The van der Waals surface area contributed by atoms with Gasteiger partial charge in [0.1, 0.15) is 5.75 Å². The topological polar surface area (TPSA) is 38.7 Å². The lowest BCUT2D eigenvalue weighted by atomic mass is 10.3. The van der Waals surface area contributed by atoms with E-state index in [-0.39, 0.29) is 9.03 Å². The molecule has 2 unspecified atom stereocenters. The van der Waals surface area contributed by atoms with Gasteiger partial charge in [-0.1, -0.05) is 18.2 Å². The largest absolute Gasteiger partial charge is 0.449 e. The average molecular weight is 190 g/mol.